The average Bonchev–Trinajstić information content (AvgIpc) is 2.69. The summed E-state index contributed by atoms with van der Waals surface area (Å²) in [6.45, 7) is 1.12. The van der Waals surface area contributed by atoms with Gasteiger partial charge in [-0.1, -0.05) is 23.2 Å². The number of benzene rings is 1. The summed E-state index contributed by atoms with van der Waals surface area (Å²) < 4.78 is 31.9. The zero-order chi connectivity index (χ0) is 14.9. The Bertz CT molecular complexity index is 720. The molecule has 0 amide bonds. The third-order valence-corrected chi connectivity index (χ3v) is 4.41. The minimum atomic E-state index is -3.84. The molecule has 20 heavy (non-hydrogen) atoms. The third-order valence-electron chi connectivity index (χ3n) is 2.48. The summed E-state index contributed by atoms with van der Waals surface area (Å²) in [6, 6.07) is 5.64. The van der Waals surface area contributed by atoms with E-state index in [0.29, 0.717) is 10.0 Å². The molecule has 2 N–H and O–H groups in total. The number of sulfonamides is 1. The number of aliphatic hydroxyl groups excluding tert-OH is 1. The number of halogens is 2. The van der Waals surface area contributed by atoms with E-state index in [9.17, 15) is 8.42 Å². The zero-order valence-corrected chi connectivity index (χ0v) is 12.7. The topological polar surface area (TPSA) is 79.5 Å². The molecular weight excluding hydrogens is 325 g/mol. The molecule has 0 fully saturated rings. The van der Waals surface area contributed by atoms with Crippen LogP contribution in [0, 0.1) is 6.92 Å². The van der Waals surface area contributed by atoms with Gasteiger partial charge in [0.15, 0.2) is 0 Å². The van der Waals surface area contributed by atoms with Gasteiger partial charge in [0.05, 0.1) is 5.69 Å². The molecule has 1 heterocycles. The molecule has 2 rings (SSSR count). The SMILES string of the molecule is Cc1oc(CO)cc1S(=O)(=O)Nc1cc(Cl)cc(Cl)c1. The Morgan fingerprint density at radius 3 is 2.30 bits per heavy atom. The van der Waals surface area contributed by atoms with E-state index in [1.165, 1.54) is 31.2 Å². The number of furan rings is 1. The van der Waals surface area contributed by atoms with Crippen LogP contribution >= 0.6 is 23.2 Å². The quantitative estimate of drug-likeness (QED) is 0.899. The maximum atomic E-state index is 12.2. The van der Waals surface area contributed by atoms with Crippen molar-refractivity contribution >= 4 is 38.9 Å². The molecule has 0 bridgehead atoms. The van der Waals surface area contributed by atoms with Crippen molar-refractivity contribution in [1.82, 2.24) is 0 Å². The number of aliphatic hydroxyl groups is 1. The van der Waals surface area contributed by atoms with Crippen molar-refractivity contribution in [1.29, 1.82) is 0 Å². The summed E-state index contributed by atoms with van der Waals surface area (Å²) in [5.41, 5.74) is 0.244. The number of nitrogens with one attached hydrogen (secondary N) is 1. The molecule has 0 aliphatic heterocycles. The first kappa shape index (κ1) is 15.2. The summed E-state index contributed by atoms with van der Waals surface area (Å²) in [5, 5.41) is 9.59. The minimum Gasteiger partial charge on any atom is -0.462 e. The molecule has 5 nitrogen and oxygen atoms in total. The molecule has 0 spiro atoms. The first-order chi connectivity index (χ1) is 9.31. The molecule has 0 saturated carbocycles. The average molecular weight is 336 g/mol. The van der Waals surface area contributed by atoms with Gasteiger partial charge in [-0.2, -0.15) is 0 Å². The Morgan fingerprint density at radius 1 is 1.20 bits per heavy atom. The van der Waals surface area contributed by atoms with Gasteiger partial charge in [-0.05, 0) is 25.1 Å². The Kier molecular flexibility index (Phi) is 4.29. The predicted molar refractivity (Wildman–Crippen MR) is 76.6 cm³/mol. The van der Waals surface area contributed by atoms with E-state index in [0.717, 1.165) is 0 Å². The van der Waals surface area contributed by atoms with Crippen molar-refractivity contribution in [2.45, 2.75) is 18.4 Å². The first-order valence-electron chi connectivity index (χ1n) is 5.51. The molecule has 0 atom stereocenters. The molecule has 8 heteroatoms. The van der Waals surface area contributed by atoms with Crippen LogP contribution in [-0.2, 0) is 16.6 Å². The van der Waals surface area contributed by atoms with Crippen LogP contribution in [-0.4, -0.2) is 13.5 Å². The largest absolute Gasteiger partial charge is 0.462 e. The number of rotatable bonds is 4. The van der Waals surface area contributed by atoms with E-state index in [1.54, 1.807) is 0 Å². The fraction of sp³-hybridized carbons (Fsp3) is 0.167. The first-order valence-corrected chi connectivity index (χ1v) is 7.75. The zero-order valence-electron chi connectivity index (χ0n) is 10.4. The van der Waals surface area contributed by atoms with Gasteiger partial charge in [0, 0.05) is 16.1 Å². The van der Waals surface area contributed by atoms with Gasteiger partial charge < -0.3 is 9.52 Å². The lowest BCUT2D eigenvalue weighted by Crippen LogP contribution is -2.13. The Labute approximate surface area is 126 Å². The van der Waals surface area contributed by atoms with Gasteiger partial charge in [-0.3, -0.25) is 4.72 Å². The molecule has 0 saturated heterocycles. The molecule has 0 radical (unpaired) electrons. The molecule has 108 valence electrons. The van der Waals surface area contributed by atoms with Crippen molar-refractivity contribution in [3.63, 3.8) is 0 Å². The van der Waals surface area contributed by atoms with Gasteiger partial charge in [-0.15, -0.1) is 0 Å². The monoisotopic (exact) mass is 335 g/mol. The van der Waals surface area contributed by atoms with Crippen LogP contribution in [0.25, 0.3) is 0 Å². The highest BCUT2D eigenvalue weighted by Gasteiger charge is 2.21. The molecule has 0 aliphatic carbocycles. The Balaban J connectivity index is 2.37. The normalized spacial score (nSPS) is 11.6. The lowest BCUT2D eigenvalue weighted by atomic mass is 10.3. The number of aryl methyl sites for hydroxylation is 1. The lowest BCUT2D eigenvalue weighted by molar-refractivity contribution is 0.245. The van der Waals surface area contributed by atoms with E-state index >= 15 is 0 Å². The van der Waals surface area contributed by atoms with Crippen LogP contribution in [0.15, 0.2) is 33.6 Å². The molecule has 1 aromatic heterocycles. The van der Waals surface area contributed by atoms with E-state index in [4.69, 9.17) is 32.7 Å². The summed E-state index contributed by atoms with van der Waals surface area (Å²) >= 11 is 11.6. The molecule has 1 aromatic carbocycles. The lowest BCUT2D eigenvalue weighted by Gasteiger charge is -2.07. The third kappa shape index (κ3) is 3.27. The fourth-order valence-electron chi connectivity index (χ4n) is 1.69. The second kappa shape index (κ2) is 5.65. The summed E-state index contributed by atoms with van der Waals surface area (Å²) in [4.78, 5) is -0.0438. The maximum absolute atomic E-state index is 12.2. The summed E-state index contributed by atoms with van der Waals surface area (Å²) in [6.07, 6.45) is 0. The van der Waals surface area contributed by atoms with Gasteiger partial charge >= 0.3 is 0 Å². The van der Waals surface area contributed by atoms with Crippen LogP contribution in [0.1, 0.15) is 11.5 Å². The van der Waals surface area contributed by atoms with Gasteiger partial charge in [0.25, 0.3) is 10.0 Å². The highest BCUT2D eigenvalue weighted by molar-refractivity contribution is 7.92. The van der Waals surface area contributed by atoms with Crippen molar-refractivity contribution in [2.24, 2.45) is 0 Å². The highest BCUT2D eigenvalue weighted by atomic mass is 35.5. The van der Waals surface area contributed by atoms with Crippen LogP contribution in [0.4, 0.5) is 5.69 Å². The van der Waals surface area contributed by atoms with Gasteiger partial charge in [0.2, 0.25) is 0 Å². The Morgan fingerprint density at radius 2 is 1.80 bits per heavy atom. The smallest absolute Gasteiger partial charge is 0.265 e. The molecule has 0 unspecified atom stereocenters. The second-order valence-corrected chi connectivity index (χ2v) is 6.58. The fourth-order valence-corrected chi connectivity index (χ4v) is 3.46. The van der Waals surface area contributed by atoms with Crippen LogP contribution in [0.2, 0.25) is 10.0 Å². The Hall–Kier alpha value is -1.21. The second-order valence-electron chi connectivity index (χ2n) is 4.05. The van der Waals surface area contributed by atoms with Crippen molar-refractivity contribution < 1.29 is 17.9 Å². The number of hydrogen-bond donors (Lipinski definition) is 2. The predicted octanol–water partition coefficient (Wildman–Crippen LogP) is 3.19. The van der Waals surface area contributed by atoms with Crippen LogP contribution in [0.5, 0.6) is 0 Å². The van der Waals surface area contributed by atoms with E-state index in [2.05, 4.69) is 4.72 Å². The highest BCUT2D eigenvalue weighted by Crippen LogP contribution is 2.26. The van der Waals surface area contributed by atoms with Crippen molar-refractivity contribution in [3.8, 4) is 0 Å². The maximum Gasteiger partial charge on any atom is 0.265 e. The minimum absolute atomic E-state index is 0.0438. The van der Waals surface area contributed by atoms with E-state index < -0.39 is 10.0 Å². The number of anilines is 1. The molecule has 0 aliphatic rings. The molecular formula is C12H11Cl2NO4S. The van der Waals surface area contributed by atoms with E-state index in [1.807, 2.05) is 0 Å². The van der Waals surface area contributed by atoms with Crippen LogP contribution in [0.3, 0.4) is 0 Å². The summed E-state index contributed by atoms with van der Waals surface area (Å²) in [7, 11) is -3.84. The van der Waals surface area contributed by atoms with E-state index in [-0.39, 0.29) is 28.7 Å². The van der Waals surface area contributed by atoms with Crippen molar-refractivity contribution in [3.05, 3.63) is 45.8 Å². The molecule has 2 aromatic rings. The standard InChI is InChI=1S/C12H11Cl2NO4S/c1-7-12(5-11(6-16)19-7)20(17,18)15-10-3-8(13)2-9(14)4-10/h2-5,15-16H,6H2,1H3. The number of hydrogen-bond acceptors (Lipinski definition) is 4. The van der Waals surface area contributed by atoms with Gasteiger partial charge in [-0.25, -0.2) is 8.42 Å². The van der Waals surface area contributed by atoms with Crippen molar-refractivity contribution in [2.75, 3.05) is 4.72 Å². The van der Waals surface area contributed by atoms with Gasteiger partial charge in [0.1, 0.15) is 23.0 Å². The van der Waals surface area contributed by atoms with Crippen LogP contribution < -0.4 is 4.72 Å². The summed E-state index contributed by atoms with van der Waals surface area (Å²) in [5.74, 6) is 0.363.